The molecule has 0 amide bonds. The molecule has 1 aromatic carbocycles. The van der Waals surface area contributed by atoms with Crippen LogP contribution in [0.5, 0.6) is 0 Å². The Balaban J connectivity index is 2.65. The molecule has 0 aliphatic carbocycles. The monoisotopic (exact) mass is 262 g/mol. The molecule has 0 atom stereocenters. The lowest BCUT2D eigenvalue weighted by Gasteiger charge is -2.06. The van der Waals surface area contributed by atoms with Gasteiger partial charge in [-0.1, -0.05) is 17.7 Å². The number of aryl methyl sites for hydroxylation is 2. The molecule has 4 nitrogen and oxygen atoms in total. The molecule has 0 spiro atoms. The van der Waals surface area contributed by atoms with Crippen LogP contribution in [0.15, 0.2) is 29.1 Å². The highest BCUT2D eigenvalue weighted by Gasteiger charge is 2.12. The van der Waals surface area contributed by atoms with Gasteiger partial charge >= 0.3 is 0 Å². The van der Waals surface area contributed by atoms with Crippen molar-refractivity contribution in [3.05, 3.63) is 51.3 Å². The first-order valence-corrected chi connectivity index (χ1v) is 5.74. The van der Waals surface area contributed by atoms with E-state index >= 15 is 0 Å². The molecular formula is C13H11ClN2O2. The highest BCUT2D eigenvalue weighted by atomic mass is 35.5. The molecule has 0 aliphatic rings. The number of nitrogens with zero attached hydrogens (tertiary/aromatic N) is 1. The van der Waals surface area contributed by atoms with E-state index in [2.05, 4.69) is 10.2 Å². The minimum Gasteiger partial charge on any atom is -0.275 e. The number of hydrogen-bond donors (Lipinski definition) is 1. The fourth-order valence-electron chi connectivity index (χ4n) is 1.70. The summed E-state index contributed by atoms with van der Waals surface area (Å²) in [4.78, 5) is 22.5. The lowest BCUT2D eigenvalue weighted by molar-refractivity contribution is 0.108. The number of carbonyl (C=O) groups excluding carboxylic acids is 1. The van der Waals surface area contributed by atoms with E-state index in [1.165, 1.54) is 6.07 Å². The normalized spacial score (nSPS) is 10.4. The Morgan fingerprint density at radius 3 is 2.67 bits per heavy atom. The predicted octanol–water partition coefficient (Wildman–Crippen LogP) is 2.43. The third-order valence-corrected chi connectivity index (χ3v) is 2.89. The molecule has 0 unspecified atom stereocenters. The largest absolute Gasteiger partial charge is 0.276 e. The van der Waals surface area contributed by atoms with Gasteiger partial charge in [-0.05, 0) is 43.1 Å². The van der Waals surface area contributed by atoms with Crippen LogP contribution in [0, 0.1) is 13.8 Å². The van der Waals surface area contributed by atoms with Crippen LogP contribution in [0.2, 0.25) is 0 Å². The minimum absolute atomic E-state index is 0.0948. The Labute approximate surface area is 109 Å². The second-order valence-corrected chi connectivity index (χ2v) is 4.43. The average molecular weight is 263 g/mol. The van der Waals surface area contributed by atoms with E-state index < -0.39 is 10.8 Å². The standard InChI is InChI=1S/C13H11ClN2O2/c1-7-3-4-8(2)9(5-7)11-6-10(12(14)17)13(18)16-15-11/h3-6H,1-2H3,(H,16,18). The summed E-state index contributed by atoms with van der Waals surface area (Å²) in [6, 6.07) is 7.30. The van der Waals surface area contributed by atoms with Crippen molar-refractivity contribution < 1.29 is 4.79 Å². The van der Waals surface area contributed by atoms with Gasteiger partial charge in [-0.3, -0.25) is 9.59 Å². The number of rotatable bonds is 2. The van der Waals surface area contributed by atoms with Crippen molar-refractivity contribution in [2.45, 2.75) is 13.8 Å². The summed E-state index contributed by atoms with van der Waals surface area (Å²) in [5.74, 6) is 0. The molecule has 92 valence electrons. The number of aromatic nitrogens is 2. The van der Waals surface area contributed by atoms with Crippen LogP contribution < -0.4 is 5.56 Å². The molecule has 2 rings (SSSR count). The van der Waals surface area contributed by atoms with Gasteiger partial charge in [0.25, 0.3) is 10.8 Å². The number of nitrogens with one attached hydrogen (secondary N) is 1. The van der Waals surface area contributed by atoms with Crippen LogP contribution in [0.1, 0.15) is 21.5 Å². The van der Waals surface area contributed by atoms with Gasteiger partial charge in [0.05, 0.1) is 5.69 Å². The molecule has 1 aromatic heterocycles. The summed E-state index contributed by atoms with van der Waals surface area (Å²) in [6.45, 7) is 3.89. The predicted molar refractivity (Wildman–Crippen MR) is 70.0 cm³/mol. The fraction of sp³-hybridized carbons (Fsp3) is 0.154. The zero-order chi connectivity index (χ0) is 13.3. The fourth-order valence-corrected chi connectivity index (χ4v) is 1.84. The second-order valence-electron chi connectivity index (χ2n) is 4.09. The number of carbonyl (C=O) groups is 1. The summed E-state index contributed by atoms with van der Waals surface area (Å²) in [6.07, 6.45) is 0. The van der Waals surface area contributed by atoms with Crippen molar-refractivity contribution in [1.29, 1.82) is 0 Å². The number of benzene rings is 1. The molecule has 5 heteroatoms. The smallest absolute Gasteiger partial charge is 0.275 e. The van der Waals surface area contributed by atoms with Crippen LogP contribution in [0.25, 0.3) is 11.3 Å². The van der Waals surface area contributed by atoms with Gasteiger partial charge in [0, 0.05) is 5.56 Å². The maximum Gasteiger partial charge on any atom is 0.276 e. The summed E-state index contributed by atoms with van der Waals surface area (Å²) < 4.78 is 0. The molecule has 0 aliphatic heterocycles. The lowest BCUT2D eigenvalue weighted by Crippen LogP contribution is -2.16. The van der Waals surface area contributed by atoms with Crippen LogP contribution in [0.3, 0.4) is 0 Å². The zero-order valence-electron chi connectivity index (χ0n) is 9.95. The maximum atomic E-state index is 11.4. The van der Waals surface area contributed by atoms with Crippen LogP contribution >= 0.6 is 11.6 Å². The molecule has 1 heterocycles. The molecule has 0 bridgehead atoms. The Kier molecular flexibility index (Phi) is 3.30. The molecule has 0 fully saturated rings. The lowest BCUT2D eigenvalue weighted by atomic mass is 10.0. The van der Waals surface area contributed by atoms with Gasteiger partial charge in [0.1, 0.15) is 5.56 Å². The zero-order valence-corrected chi connectivity index (χ0v) is 10.7. The molecular weight excluding hydrogens is 252 g/mol. The minimum atomic E-state index is -0.787. The Morgan fingerprint density at radius 1 is 1.28 bits per heavy atom. The van der Waals surface area contributed by atoms with Crippen molar-refractivity contribution in [1.82, 2.24) is 10.2 Å². The third-order valence-electron chi connectivity index (χ3n) is 2.68. The molecule has 18 heavy (non-hydrogen) atoms. The average Bonchev–Trinajstić information content (AvgIpc) is 2.33. The van der Waals surface area contributed by atoms with Gasteiger partial charge in [-0.15, -0.1) is 0 Å². The van der Waals surface area contributed by atoms with E-state index in [-0.39, 0.29) is 5.56 Å². The Morgan fingerprint density at radius 2 is 2.00 bits per heavy atom. The summed E-state index contributed by atoms with van der Waals surface area (Å²) >= 11 is 5.35. The molecule has 2 aromatic rings. The van der Waals surface area contributed by atoms with Crippen molar-refractivity contribution in [2.75, 3.05) is 0 Å². The molecule has 0 saturated heterocycles. The van der Waals surface area contributed by atoms with Crippen molar-refractivity contribution in [2.24, 2.45) is 0 Å². The second kappa shape index (κ2) is 4.74. The quantitative estimate of drug-likeness (QED) is 0.846. The van der Waals surface area contributed by atoms with Crippen molar-refractivity contribution >= 4 is 16.8 Å². The van der Waals surface area contributed by atoms with Gasteiger partial charge in [-0.25, -0.2) is 5.10 Å². The maximum absolute atomic E-state index is 11.4. The number of H-pyrrole nitrogens is 1. The first-order valence-electron chi connectivity index (χ1n) is 5.36. The molecule has 0 radical (unpaired) electrons. The first kappa shape index (κ1) is 12.5. The van der Waals surface area contributed by atoms with Crippen LogP contribution in [-0.4, -0.2) is 15.4 Å². The van der Waals surface area contributed by atoms with Gasteiger partial charge in [0.2, 0.25) is 0 Å². The van der Waals surface area contributed by atoms with E-state index in [1.807, 2.05) is 32.0 Å². The van der Waals surface area contributed by atoms with E-state index in [1.54, 1.807) is 0 Å². The van der Waals surface area contributed by atoms with E-state index in [0.29, 0.717) is 5.69 Å². The number of hydrogen-bond acceptors (Lipinski definition) is 3. The first-order chi connectivity index (χ1) is 8.49. The van der Waals surface area contributed by atoms with Crippen molar-refractivity contribution in [3.63, 3.8) is 0 Å². The van der Waals surface area contributed by atoms with Gasteiger partial charge in [0.15, 0.2) is 0 Å². The highest BCUT2D eigenvalue weighted by Crippen LogP contribution is 2.22. The third kappa shape index (κ3) is 2.33. The number of aromatic amines is 1. The Hall–Kier alpha value is -1.94. The summed E-state index contributed by atoms with van der Waals surface area (Å²) in [5.41, 5.74) is 2.80. The van der Waals surface area contributed by atoms with Gasteiger partial charge in [-0.2, -0.15) is 5.10 Å². The van der Waals surface area contributed by atoms with E-state index in [9.17, 15) is 9.59 Å². The van der Waals surface area contributed by atoms with Crippen LogP contribution in [-0.2, 0) is 0 Å². The molecule has 0 saturated carbocycles. The van der Waals surface area contributed by atoms with E-state index in [0.717, 1.165) is 16.7 Å². The Bertz CT molecular complexity index is 677. The van der Waals surface area contributed by atoms with Crippen molar-refractivity contribution in [3.8, 4) is 11.3 Å². The number of halogens is 1. The van der Waals surface area contributed by atoms with E-state index in [4.69, 9.17) is 11.6 Å². The molecule has 1 N–H and O–H groups in total. The van der Waals surface area contributed by atoms with Crippen LogP contribution in [0.4, 0.5) is 0 Å². The highest BCUT2D eigenvalue weighted by molar-refractivity contribution is 6.67. The van der Waals surface area contributed by atoms with Gasteiger partial charge < -0.3 is 0 Å². The topological polar surface area (TPSA) is 62.8 Å². The SMILES string of the molecule is Cc1ccc(C)c(-c2cc(C(=O)Cl)c(=O)[nH]n2)c1. The summed E-state index contributed by atoms with van der Waals surface area (Å²) in [7, 11) is 0. The summed E-state index contributed by atoms with van der Waals surface area (Å²) in [5, 5.41) is 5.44.